The molecule has 1 aromatic carbocycles. The van der Waals surface area contributed by atoms with Gasteiger partial charge in [-0.2, -0.15) is 5.26 Å². The van der Waals surface area contributed by atoms with Crippen LogP contribution in [0.1, 0.15) is 12.0 Å². The Morgan fingerprint density at radius 3 is 2.73 bits per heavy atom. The maximum absolute atomic E-state index is 11.2. The summed E-state index contributed by atoms with van der Waals surface area (Å²) < 4.78 is 1.75. The number of hydrogen-bond donors (Lipinski definition) is 1. The van der Waals surface area contributed by atoms with E-state index in [2.05, 4.69) is 37.2 Å². The standard InChI is InChI=1S/C10H8Br2N2O/c1-6-4-9(8(12)5-7(6)11)14-10(15)2-3-13/h4-5H,2H2,1H3,(H,14,15). The van der Waals surface area contributed by atoms with Crippen molar-refractivity contribution < 1.29 is 4.79 Å². The van der Waals surface area contributed by atoms with Gasteiger partial charge in [-0.3, -0.25) is 4.79 Å². The maximum atomic E-state index is 11.2. The molecule has 0 radical (unpaired) electrons. The highest BCUT2D eigenvalue weighted by Gasteiger charge is 2.07. The Morgan fingerprint density at radius 2 is 2.13 bits per heavy atom. The van der Waals surface area contributed by atoms with E-state index in [0.717, 1.165) is 14.5 Å². The summed E-state index contributed by atoms with van der Waals surface area (Å²) in [6.07, 6.45) is -0.137. The molecule has 0 unspecified atom stereocenters. The Kier molecular flexibility index (Phi) is 4.30. The smallest absolute Gasteiger partial charge is 0.238 e. The van der Waals surface area contributed by atoms with Crippen LogP contribution in [-0.2, 0) is 4.79 Å². The molecule has 0 fully saturated rings. The van der Waals surface area contributed by atoms with E-state index in [9.17, 15) is 4.79 Å². The summed E-state index contributed by atoms with van der Waals surface area (Å²) in [7, 11) is 0. The minimum atomic E-state index is -0.306. The van der Waals surface area contributed by atoms with Crippen molar-refractivity contribution in [2.24, 2.45) is 0 Å². The number of anilines is 1. The lowest BCUT2D eigenvalue weighted by Gasteiger charge is -2.08. The third kappa shape index (κ3) is 3.33. The van der Waals surface area contributed by atoms with Crippen LogP contribution < -0.4 is 5.32 Å². The molecule has 0 bridgehead atoms. The number of aryl methyl sites for hydroxylation is 1. The number of hydrogen-bond acceptors (Lipinski definition) is 2. The number of halogens is 2. The van der Waals surface area contributed by atoms with Gasteiger partial charge in [-0.1, -0.05) is 15.9 Å². The van der Waals surface area contributed by atoms with Crippen LogP contribution >= 0.6 is 31.9 Å². The number of nitriles is 1. The molecule has 0 aliphatic rings. The molecule has 0 heterocycles. The number of nitrogens with one attached hydrogen (secondary N) is 1. The number of carbonyl (C=O) groups excluding carboxylic acids is 1. The van der Waals surface area contributed by atoms with E-state index in [1.165, 1.54) is 0 Å². The fourth-order valence-electron chi connectivity index (χ4n) is 1.02. The van der Waals surface area contributed by atoms with Gasteiger partial charge < -0.3 is 5.32 Å². The lowest BCUT2D eigenvalue weighted by Crippen LogP contribution is -2.10. The van der Waals surface area contributed by atoms with Crippen molar-refractivity contribution in [3.63, 3.8) is 0 Å². The second-order valence-corrected chi connectivity index (χ2v) is 4.67. The Balaban J connectivity index is 2.92. The number of nitrogens with zero attached hydrogens (tertiary/aromatic N) is 1. The fraction of sp³-hybridized carbons (Fsp3) is 0.200. The predicted octanol–water partition coefficient (Wildman–Crippen LogP) is 3.37. The number of carbonyl (C=O) groups is 1. The van der Waals surface area contributed by atoms with Crippen LogP contribution in [0.15, 0.2) is 21.1 Å². The van der Waals surface area contributed by atoms with Crippen LogP contribution in [0.3, 0.4) is 0 Å². The van der Waals surface area contributed by atoms with Gasteiger partial charge >= 0.3 is 0 Å². The summed E-state index contributed by atoms with van der Waals surface area (Å²) >= 11 is 6.72. The van der Waals surface area contributed by atoms with Crippen molar-refractivity contribution in [3.8, 4) is 6.07 Å². The third-order valence-electron chi connectivity index (χ3n) is 1.76. The molecule has 1 amide bonds. The van der Waals surface area contributed by atoms with Crippen LogP contribution in [0.5, 0.6) is 0 Å². The Labute approximate surface area is 105 Å². The molecule has 0 aliphatic carbocycles. The van der Waals surface area contributed by atoms with Gasteiger partial charge in [0.05, 0.1) is 11.8 Å². The summed E-state index contributed by atoms with van der Waals surface area (Å²) in [4.78, 5) is 11.2. The zero-order valence-corrected chi connectivity index (χ0v) is 11.1. The first-order valence-corrected chi connectivity index (χ1v) is 5.75. The highest BCUT2D eigenvalue weighted by Crippen LogP contribution is 2.29. The van der Waals surface area contributed by atoms with Gasteiger partial charge in [0.15, 0.2) is 0 Å². The largest absolute Gasteiger partial charge is 0.324 e. The van der Waals surface area contributed by atoms with E-state index in [1.54, 1.807) is 6.07 Å². The van der Waals surface area contributed by atoms with E-state index in [-0.39, 0.29) is 12.3 Å². The van der Waals surface area contributed by atoms with Crippen molar-refractivity contribution in [1.29, 1.82) is 5.26 Å². The maximum Gasteiger partial charge on any atom is 0.238 e. The van der Waals surface area contributed by atoms with Crippen molar-refractivity contribution in [2.75, 3.05) is 5.32 Å². The minimum absolute atomic E-state index is 0.137. The Bertz CT molecular complexity index is 438. The fourth-order valence-corrected chi connectivity index (χ4v) is 2.11. The first-order valence-electron chi connectivity index (χ1n) is 4.17. The molecule has 1 N–H and O–H groups in total. The van der Waals surface area contributed by atoms with Gasteiger partial charge in [-0.25, -0.2) is 0 Å². The summed E-state index contributed by atoms with van der Waals surface area (Å²) in [6, 6.07) is 5.49. The molecule has 1 aromatic rings. The van der Waals surface area contributed by atoms with Gasteiger partial charge in [0.25, 0.3) is 0 Å². The molecule has 15 heavy (non-hydrogen) atoms. The van der Waals surface area contributed by atoms with E-state index in [1.807, 2.05) is 19.1 Å². The quantitative estimate of drug-likeness (QED) is 0.903. The Hall–Kier alpha value is -0.860. The van der Waals surface area contributed by atoms with Crippen LogP contribution in [-0.4, -0.2) is 5.91 Å². The summed E-state index contributed by atoms with van der Waals surface area (Å²) in [5, 5.41) is 11.0. The number of benzene rings is 1. The van der Waals surface area contributed by atoms with E-state index in [0.29, 0.717) is 5.69 Å². The zero-order chi connectivity index (χ0) is 11.4. The molecule has 0 spiro atoms. The SMILES string of the molecule is Cc1cc(NC(=O)CC#N)c(Br)cc1Br. The molecule has 0 saturated carbocycles. The molecule has 3 nitrogen and oxygen atoms in total. The average molecular weight is 332 g/mol. The van der Waals surface area contributed by atoms with E-state index >= 15 is 0 Å². The molecule has 78 valence electrons. The van der Waals surface area contributed by atoms with Crippen molar-refractivity contribution in [1.82, 2.24) is 0 Å². The van der Waals surface area contributed by atoms with Gasteiger partial charge in [0.2, 0.25) is 5.91 Å². The average Bonchev–Trinajstić information content (AvgIpc) is 2.14. The first kappa shape index (κ1) is 12.2. The highest BCUT2D eigenvalue weighted by molar-refractivity contribution is 9.11. The molecular weight excluding hydrogens is 324 g/mol. The second-order valence-electron chi connectivity index (χ2n) is 2.96. The number of rotatable bonds is 2. The molecule has 0 aromatic heterocycles. The monoisotopic (exact) mass is 330 g/mol. The van der Waals surface area contributed by atoms with Crippen LogP contribution in [0.2, 0.25) is 0 Å². The van der Waals surface area contributed by atoms with Crippen molar-refractivity contribution in [2.45, 2.75) is 13.3 Å². The lowest BCUT2D eigenvalue weighted by molar-refractivity contribution is -0.115. The first-order chi connectivity index (χ1) is 7.04. The van der Waals surface area contributed by atoms with Gasteiger partial charge in [-0.15, -0.1) is 0 Å². The van der Waals surface area contributed by atoms with E-state index < -0.39 is 0 Å². The van der Waals surface area contributed by atoms with Gasteiger partial charge in [0.1, 0.15) is 6.42 Å². The topological polar surface area (TPSA) is 52.9 Å². The third-order valence-corrected chi connectivity index (χ3v) is 3.27. The normalized spacial score (nSPS) is 9.47. The molecule has 1 rings (SSSR count). The molecule has 0 saturated heterocycles. The molecular formula is C10H8Br2N2O. The highest BCUT2D eigenvalue weighted by atomic mass is 79.9. The Morgan fingerprint density at radius 1 is 1.47 bits per heavy atom. The molecule has 0 aliphatic heterocycles. The zero-order valence-electron chi connectivity index (χ0n) is 7.97. The van der Waals surface area contributed by atoms with Crippen molar-refractivity contribution in [3.05, 3.63) is 26.6 Å². The number of amides is 1. The van der Waals surface area contributed by atoms with Crippen LogP contribution in [0, 0.1) is 18.3 Å². The van der Waals surface area contributed by atoms with Gasteiger partial charge in [0, 0.05) is 8.95 Å². The molecule has 5 heteroatoms. The predicted molar refractivity (Wildman–Crippen MR) is 65.4 cm³/mol. The summed E-state index contributed by atoms with van der Waals surface area (Å²) in [5.41, 5.74) is 1.70. The van der Waals surface area contributed by atoms with Crippen LogP contribution in [0.25, 0.3) is 0 Å². The summed E-state index contributed by atoms with van der Waals surface area (Å²) in [5.74, 6) is -0.306. The van der Waals surface area contributed by atoms with E-state index in [4.69, 9.17) is 5.26 Å². The van der Waals surface area contributed by atoms with Crippen LogP contribution in [0.4, 0.5) is 5.69 Å². The lowest BCUT2D eigenvalue weighted by atomic mass is 10.2. The van der Waals surface area contributed by atoms with Crippen molar-refractivity contribution >= 4 is 43.5 Å². The minimum Gasteiger partial charge on any atom is -0.324 e. The summed E-state index contributed by atoms with van der Waals surface area (Å²) in [6.45, 7) is 1.93. The second kappa shape index (κ2) is 5.29. The van der Waals surface area contributed by atoms with Gasteiger partial charge in [-0.05, 0) is 40.5 Å². The molecule has 0 atom stereocenters.